The second-order valence-corrected chi connectivity index (χ2v) is 7.77. The van der Waals surface area contributed by atoms with Crippen LogP contribution in [0.25, 0.3) is 0 Å². The molecule has 9 heteroatoms. The van der Waals surface area contributed by atoms with Gasteiger partial charge in [0.1, 0.15) is 11.9 Å². The molecule has 2 heterocycles. The molecule has 3 N–H and O–H groups in total. The first-order valence-corrected chi connectivity index (χ1v) is 10.3. The lowest BCUT2D eigenvalue weighted by atomic mass is 10.1. The first-order chi connectivity index (χ1) is 13.5. The number of aliphatic imine (C=N–C) groups is 1. The van der Waals surface area contributed by atoms with E-state index in [0.29, 0.717) is 22.5 Å². The monoisotopic (exact) mass is 532 g/mol. The van der Waals surface area contributed by atoms with Crippen LogP contribution in [-0.4, -0.2) is 45.0 Å². The van der Waals surface area contributed by atoms with Crippen molar-refractivity contribution in [3.63, 3.8) is 0 Å². The largest absolute Gasteiger partial charge is 0.386 e. The number of aliphatic hydroxyl groups is 1. The first kappa shape index (κ1) is 23.9. The van der Waals surface area contributed by atoms with Crippen LogP contribution in [-0.2, 0) is 13.0 Å². The van der Waals surface area contributed by atoms with E-state index in [4.69, 9.17) is 11.6 Å². The second kappa shape index (κ2) is 11.1. The van der Waals surface area contributed by atoms with Crippen molar-refractivity contribution in [3.8, 4) is 0 Å². The van der Waals surface area contributed by atoms with E-state index in [-0.39, 0.29) is 36.6 Å². The van der Waals surface area contributed by atoms with Crippen molar-refractivity contribution in [1.82, 2.24) is 25.4 Å². The lowest BCUT2D eigenvalue weighted by molar-refractivity contribution is 0.187. The number of aliphatic hydroxyl groups excluding tert-OH is 1. The highest BCUT2D eigenvalue weighted by Gasteiger charge is 2.23. The van der Waals surface area contributed by atoms with Crippen molar-refractivity contribution in [2.45, 2.75) is 58.2 Å². The Morgan fingerprint density at radius 2 is 2.14 bits per heavy atom. The Hall–Kier alpha value is -1.39. The number of benzene rings is 1. The Morgan fingerprint density at radius 1 is 1.38 bits per heavy atom. The second-order valence-electron chi connectivity index (χ2n) is 7.36. The Balaban J connectivity index is 0.00000300. The van der Waals surface area contributed by atoms with Gasteiger partial charge in [-0.15, -0.1) is 24.0 Å². The van der Waals surface area contributed by atoms with Crippen molar-refractivity contribution in [2.24, 2.45) is 4.99 Å². The molecule has 1 aliphatic rings. The molecule has 29 heavy (non-hydrogen) atoms. The van der Waals surface area contributed by atoms with E-state index in [1.165, 1.54) is 0 Å². The van der Waals surface area contributed by atoms with Crippen LogP contribution in [0.4, 0.5) is 0 Å². The molecule has 160 valence electrons. The zero-order chi connectivity index (χ0) is 20.1. The van der Waals surface area contributed by atoms with Crippen LogP contribution in [0.3, 0.4) is 0 Å². The maximum Gasteiger partial charge on any atom is 0.191 e. The summed E-state index contributed by atoms with van der Waals surface area (Å²) in [7, 11) is 0. The number of nitrogens with zero attached hydrogens (tertiary/aromatic N) is 4. The van der Waals surface area contributed by atoms with Gasteiger partial charge in [0.2, 0.25) is 0 Å². The molecule has 0 saturated heterocycles. The summed E-state index contributed by atoms with van der Waals surface area (Å²) in [6.07, 6.45) is 1.11. The maximum atomic E-state index is 10.4. The molecule has 1 aliphatic heterocycles. The number of aryl methyl sites for hydroxylation is 1. The van der Waals surface area contributed by atoms with Crippen LogP contribution < -0.4 is 10.6 Å². The van der Waals surface area contributed by atoms with Crippen molar-refractivity contribution >= 4 is 41.5 Å². The molecule has 1 aromatic carbocycles. The van der Waals surface area contributed by atoms with Gasteiger partial charge in [0, 0.05) is 35.5 Å². The molecule has 0 amide bonds. The smallest absolute Gasteiger partial charge is 0.191 e. The molecular formula is C20H30ClIN6O. The summed E-state index contributed by atoms with van der Waals surface area (Å²) in [5.41, 5.74) is 0.690. The van der Waals surface area contributed by atoms with Gasteiger partial charge in [0.25, 0.3) is 0 Å². The molecule has 0 spiro atoms. The third-order valence-corrected chi connectivity index (χ3v) is 5.11. The molecule has 2 unspecified atom stereocenters. The zero-order valence-corrected chi connectivity index (χ0v) is 20.2. The summed E-state index contributed by atoms with van der Waals surface area (Å²) in [5.74, 6) is 2.97. The Labute approximate surface area is 194 Å². The van der Waals surface area contributed by atoms with Crippen LogP contribution in [0.1, 0.15) is 56.4 Å². The lowest BCUT2D eigenvalue weighted by Crippen LogP contribution is -2.47. The fourth-order valence-corrected chi connectivity index (χ4v) is 3.49. The summed E-state index contributed by atoms with van der Waals surface area (Å²) in [6, 6.07) is 7.52. The van der Waals surface area contributed by atoms with Crippen LogP contribution in [0.5, 0.6) is 0 Å². The Morgan fingerprint density at radius 3 is 2.83 bits per heavy atom. The molecule has 0 bridgehead atoms. The molecule has 7 nitrogen and oxygen atoms in total. The van der Waals surface area contributed by atoms with Crippen LogP contribution in [0, 0.1) is 0 Å². The van der Waals surface area contributed by atoms with Crippen molar-refractivity contribution in [2.75, 3.05) is 13.1 Å². The lowest BCUT2D eigenvalue weighted by Gasteiger charge is -2.25. The molecule has 0 aliphatic carbocycles. The summed E-state index contributed by atoms with van der Waals surface area (Å²) < 4.78 is 2.00. The van der Waals surface area contributed by atoms with Crippen molar-refractivity contribution < 1.29 is 5.11 Å². The first-order valence-electron chi connectivity index (χ1n) is 9.88. The number of nitrogens with one attached hydrogen (secondary N) is 2. The van der Waals surface area contributed by atoms with E-state index in [0.717, 1.165) is 37.6 Å². The molecular weight excluding hydrogens is 503 g/mol. The average Bonchev–Trinajstić information content (AvgIpc) is 3.10. The molecule has 0 radical (unpaired) electrons. The normalized spacial score (nSPS) is 17.4. The fraction of sp³-hybridized carbons (Fsp3) is 0.550. The number of halogens is 2. The SMILES string of the molecule is CCNC(=NCC(O)c1ccccc1Cl)NC1CCc2nc(C(C)C)nn2C1.I. The average molecular weight is 533 g/mol. The van der Waals surface area contributed by atoms with Gasteiger partial charge < -0.3 is 15.7 Å². The van der Waals surface area contributed by atoms with E-state index in [2.05, 4.69) is 39.6 Å². The minimum Gasteiger partial charge on any atom is -0.386 e. The van der Waals surface area contributed by atoms with E-state index in [9.17, 15) is 5.11 Å². The van der Waals surface area contributed by atoms with Crippen LogP contribution in [0.2, 0.25) is 5.02 Å². The zero-order valence-electron chi connectivity index (χ0n) is 17.1. The molecule has 2 atom stereocenters. The van der Waals surface area contributed by atoms with Gasteiger partial charge in [0.15, 0.2) is 11.8 Å². The maximum absolute atomic E-state index is 10.4. The highest BCUT2D eigenvalue weighted by Crippen LogP contribution is 2.22. The van der Waals surface area contributed by atoms with E-state index in [1.54, 1.807) is 6.07 Å². The van der Waals surface area contributed by atoms with Crippen molar-refractivity contribution in [3.05, 3.63) is 46.5 Å². The predicted octanol–water partition coefficient (Wildman–Crippen LogP) is 3.28. The van der Waals surface area contributed by atoms with E-state index < -0.39 is 6.10 Å². The third-order valence-electron chi connectivity index (χ3n) is 4.76. The van der Waals surface area contributed by atoms with E-state index >= 15 is 0 Å². The van der Waals surface area contributed by atoms with Gasteiger partial charge in [-0.2, -0.15) is 5.10 Å². The number of fused-ring (bicyclic) bond motifs is 1. The number of aromatic nitrogens is 3. The summed E-state index contributed by atoms with van der Waals surface area (Å²) in [5, 5.41) is 22.3. The molecule has 3 rings (SSSR count). The summed E-state index contributed by atoms with van der Waals surface area (Å²) in [6.45, 7) is 7.97. The highest BCUT2D eigenvalue weighted by atomic mass is 127. The topological polar surface area (TPSA) is 87.4 Å². The highest BCUT2D eigenvalue weighted by molar-refractivity contribution is 14.0. The van der Waals surface area contributed by atoms with Gasteiger partial charge in [0.05, 0.1) is 13.1 Å². The summed E-state index contributed by atoms with van der Waals surface area (Å²) in [4.78, 5) is 9.19. The van der Waals surface area contributed by atoms with Gasteiger partial charge in [-0.1, -0.05) is 43.6 Å². The standard InChI is InChI=1S/C20H29ClN6O.HI/c1-4-22-20(23-11-17(28)15-7-5-6-8-16(15)21)24-14-9-10-18-25-19(13(2)3)26-27(18)12-14;/h5-8,13-14,17,28H,4,9-12H2,1-3H3,(H2,22,23,24);1H. The number of rotatable bonds is 6. The Bertz CT molecular complexity index is 825. The van der Waals surface area contributed by atoms with Crippen LogP contribution >= 0.6 is 35.6 Å². The number of guanidine groups is 1. The Kier molecular flexibility index (Phi) is 9.16. The summed E-state index contributed by atoms with van der Waals surface area (Å²) >= 11 is 6.17. The molecule has 0 saturated carbocycles. The fourth-order valence-electron chi connectivity index (χ4n) is 3.23. The van der Waals surface area contributed by atoms with Gasteiger partial charge in [-0.25, -0.2) is 9.67 Å². The van der Waals surface area contributed by atoms with Gasteiger partial charge in [-0.3, -0.25) is 4.99 Å². The number of hydrogen-bond donors (Lipinski definition) is 3. The van der Waals surface area contributed by atoms with Crippen molar-refractivity contribution in [1.29, 1.82) is 0 Å². The van der Waals surface area contributed by atoms with Crippen LogP contribution in [0.15, 0.2) is 29.3 Å². The minimum absolute atomic E-state index is 0. The van der Waals surface area contributed by atoms with Gasteiger partial charge in [-0.05, 0) is 19.4 Å². The molecule has 0 fully saturated rings. The molecule has 2 aromatic rings. The minimum atomic E-state index is -0.744. The predicted molar refractivity (Wildman–Crippen MR) is 127 cm³/mol. The van der Waals surface area contributed by atoms with E-state index in [1.807, 2.05) is 29.8 Å². The molecule has 1 aromatic heterocycles. The van der Waals surface area contributed by atoms with Gasteiger partial charge >= 0.3 is 0 Å². The quantitative estimate of drug-likeness (QED) is 0.302. The third kappa shape index (κ3) is 6.29. The number of hydrogen-bond acceptors (Lipinski definition) is 4.